The lowest BCUT2D eigenvalue weighted by Crippen LogP contribution is -2.49. The van der Waals surface area contributed by atoms with E-state index >= 15 is 0 Å². The third-order valence-electron chi connectivity index (χ3n) is 4.74. The molecule has 1 amide bonds. The third-order valence-corrected chi connectivity index (χ3v) is 5.60. The summed E-state index contributed by atoms with van der Waals surface area (Å²) in [6, 6.07) is 10.1. The molecule has 1 aromatic carbocycles. The van der Waals surface area contributed by atoms with Crippen molar-refractivity contribution in [2.45, 2.75) is 19.4 Å². The summed E-state index contributed by atoms with van der Waals surface area (Å²) in [7, 11) is 0. The van der Waals surface area contributed by atoms with Crippen LogP contribution in [0, 0.1) is 12.7 Å². The fraction of sp³-hybridized carbons (Fsp3) is 0.300. The molecular weight excluding hydrogens is 365 g/mol. The van der Waals surface area contributed by atoms with Crippen LogP contribution in [0.4, 0.5) is 4.39 Å². The van der Waals surface area contributed by atoms with E-state index in [0.29, 0.717) is 30.4 Å². The molecule has 3 aromatic rings. The minimum absolute atomic E-state index is 0.0279. The second kappa shape index (κ2) is 7.62. The first-order valence-electron chi connectivity index (χ1n) is 8.87. The van der Waals surface area contributed by atoms with E-state index in [-0.39, 0.29) is 24.2 Å². The van der Waals surface area contributed by atoms with Gasteiger partial charge >= 0.3 is 0 Å². The molecule has 27 heavy (non-hydrogen) atoms. The number of thiophene rings is 1. The maximum Gasteiger partial charge on any atom is 0.236 e. The lowest BCUT2D eigenvalue weighted by molar-refractivity contribution is -0.133. The third kappa shape index (κ3) is 3.79. The Labute approximate surface area is 160 Å². The minimum Gasteiger partial charge on any atom is -0.440 e. The Balaban J connectivity index is 1.54. The standard InChI is InChI=1S/C20H20FN3O2S/c1-13-16(23-20(26-13)18-6-3-9-27-18)11-19(25)24-8-7-22-12-17(24)14-4-2-5-15(21)10-14/h2-6,9-10,17,22H,7-8,11-12H2,1H3. The van der Waals surface area contributed by atoms with Gasteiger partial charge in [-0.25, -0.2) is 9.37 Å². The first kappa shape index (κ1) is 17.9. The van der Waals surface area contributed by atoms with E-state index in [1.54, 1.807) is 17.4 Å². The fourth-order valence-corrected chi connectivity index (χ4v) is 4.01. The van der Waals surface area contributed by atoms with E-state index < -0.39 is 0 Å². The lowest BCUT2D eigenvalue weighted by atomic mass is 10.0. The van der Waals surface area contributed by atoms with Crippen molar-refractivity contribution in [3.63, 3.8) is 0 Å². The Morgan fingerprint density at radius 1 is 1.41 bits per heavy atom. The summed E-state index contributed by atoms with van der Waals surface area (Å²) >= 11 is 1.55. The number of rotatable bonds is 4. The number of carbonyl (C=O) groups is 1. The van der Waals surface area contributed by atoms with E-state index in [1.807, 2.05) is 35.4 Å². The Kier molecular flexibility index (Phi) is 5.05. The molecule has 0 radical (unpaired) electrons. The second-order valence-corrected chi connectivity index (χ2v) is 7.49. The van der Waals surface area contributed by atoms with Gasteiger partial charge in [0.15, 0.2) is 0 Å². The van der Waals surface area contributed by atoms with Gasteiger partial charge in [-0.3, -0.25) is 4.79 Å². The molecule has 1 saturated heterocycles. The van der Waals surface area contributed by atoms with Gasteiger partial charge in [0.2, 0.25) is 11.8 Å². The first-order chi connectivity index (χ1) is 13.1. The quantitative estimate of drug-likeness (QED) is 0.746. The number of piperazine rings is 1. The van der Waals surface area contributed by atoms with Crippen LogP contribution >= 0.6 is 11.3 Å². The average molecular weight is 385 g/mol. The highest BCUT2D eigenvalue weighted by Gasteiger charge is 2.29. The molecule has 140 valence electrons. The van der Waals surface area contributed by atoms with Crippen molar-refractivity contribution < 1.29 is 13.6 Å². The Bertz CT molecular complexity index is 939. The van der Waals surface area contributed by atoms with Crippen LogP contribution in [0.5, 0.6) is 0 Å². The monoisotopic (exact) mass is 385 g/mol. The second-order valence-electron chi connectivity index (χ2n) is 6.54. The molecule has 2 aromatic heterocycles. The predicted octanol–water partition coefficient (Wildman–Crippen LogP) is 3.57. The van der Waals surface area contributed by atoms with Crippen LogP contribution in [0.15, 0.2) is 46.2 Å². The van der Waals surface area contributed by atoms with Crippen LogP contribution in [0.3, 0.4) is 0 Å². The van der Waals surface area contributed by atoms with E-state index in [1.165, 1.54) is 12.1 Å². The fourth-order valence-electron chi connectivity index (χ4n) is 3.36. The van der Waals surface area contributed by atoms with Crippen LogP contribution in [-0.4, -0.2) is 35.4 Å². The number of nitrogens with one attached hydrogen (secondary N) is 1. The maximum atomic E-state index is 13.6. The van der Waals surface area contributed by atoms with Gasteiger partial charge in [0, 0.05) is 19.6 Å². The summed E-state index contributed by atoms with van der Waals surface area (Å²) in [5.74, 6) is 0.884. The first-order valence-corrected chi connectivity index (χ1v) is 9.75. The van der Waals surface area contributed by atoms with Crippen molar-refractivity contribution in [1.29, 1.82) is 0 Å². The number of amides is 1. The van der Waals surface area contributed by atoms with Crippen LogP contribution in [0.25, 0.3) is 10.8 Å². The molecule has 1 aliphatic rings. The lowest BCUT2D eigenvalue weighted by Gasteiger charge is -2.36. The van der Waals surface area contributed by atoms with Gasteiger partial charge in [0.05, 0.1) is 23.0 Å². The number of benzene rings is 1. The highest BCUT2D eigenvalue weighted by Crippen LogP contribution is 2.28. The molecule has 7 heteroatoms. The van der Waals surface area contributed by atoms with Crippen molar-refractivity contribution >= 4 is 17.2 Å². The predicted molar refractivity (Wildman–Crippen MR) is 102 cm³/mol. The van der Waals surface area contributed by atoms with Crippen LogP contribution in [-0.2, 0) is 11.2 Å². The summed E-state index contributed by atoms with van der Waals surface area (Å²) in [6.45, 7) is 3.73. The molecule has 1 N–H and O–H groups in total. The molecule has 4 rings (SSSR count). The molecule has 0 aliphatic carbocycles. The van der Waals surface area contributed by atoms with Crippen molar-refractivity contribution in [3.8, 4) is 10.8 Å². The smallest absolute Gasteiger partial charge is 0.236 e. The van der Waals surface area contributed by atoms with Crippen molar-refractivity contribution in [2.24, 2.45) is 0 Å². The zero-order valence-corrected chi connectivity index (χ0v) is 15.8. The number of oxazole rings is 1. The molecule has 0 saturated carbocycles. The summed E-state index contributed by atoms with van der Waals surface area (Å²) in [4.78, 5) is 20.3. The number of hydrogen-bond acceptors (Lipinski definition) is 5. The average Bonchev–Trinajstić information content (AvgIpc) is 3.32. The van der Waals surface area contributed by atoms with E-state index in [9.17, 15) is 9.18 Å². The molecule has 0 spiro atoms. The highest BCUT2D eigenvalue weighted by atomic mass is 32.1. The van der Waals surface area contributed by atoms with Gasteiger partial charge in [-0.1, -0.05) is 18.2 Å². The van der Waals surface area contributed by atoms with Gasteiger partial charge in [-0.15, -0.1) is 11.3 Å². The Hall–Kier alpha value is -2.51. The number of aryl methyl sites for hydroxylation is 1. The topological polar surface area (TPSA) is 58.4 Å². The number of halogens is 1. The number of hydrogen-bond donors (Lipinski definition) is 1. The van der Waals surface area contributed by atoms with Gasteiger partial charge in [-0.05, 0) is 36.1 Å². The van der Waals surface area contributed by atoms with Crippen molar-refractivity contribution in [2.75, 3.05) is 19.6 Å². The summed E-state index contributed by atoms with van der Waals surface area (Å²) in [5.41, 5.74) is 1.45. The summed E-state index contributed by atoms with van der Waals surface area (Å²) in [6.07, 6.45) is 0.173. The number of nitrogens with zero attached hydrogens (tertiary/aromatic N) is 2. The molecule has 5 nitrogen and oxygen atoms in total. The maximum absolute atomic E-state index is 13.6. The van der Waals surface area contributed by atoms with E-state index in [4.69, 9.17) is 4.42 Å². The molecule has 1 fully saturated rings. The molecule has 3 heterocycles. The number of aromatic nitrogens is 1. The summed E-state index contributed by atoms with van der Waals surface area (Å²) in [5, 5.41) is 5.25. The van der Waals surface area contributed by atoms with Crippen molar-refractivity contribution in [1.82, 2.24) is 15.2 Å². The molecule has 0 bridgehead atoms. The van der Waals surface area contributed by atoms with Crippen LogP contribution in [0.2, 0.25) is 0 Å². The van der Waals surface area contributed by atoms with E-state index in [0.717, 1.165) is 17.0 Å². The van der Waals surface area contributed by atoms with E-state index in [2.05, 4.69) is 10.3 Å². The Morgan fingerprint density at radius 3 is 3.07 bits per heavy atom. The van der Waals surface area contributed by atoms with Gasteiger partial charge in [-0.2, -0.15) is 0 Å². The zero-order chi connectivity index (χ0) is 18.8. The van der Waals surface area contributed by atoms with Gasteiger partial charge in [0.1, 0.15) is 11.6 Å². The molecule has 1 atom stereocenters. The van der Waals surface area contributed by atoms with Crippen LogP contribution in [0.1, 0.15) is 23.1 Å². The van der Waals surface area contributed by atoms with Gasteiger partial charge < -0.3 is 14.6 Å². The largest absolute Gasteiger partial charge is 0.440 e. The Morgan fingerprint density at radius 2 is 2.30 bits per heavy atom. The van der Waals surface area contributed by atoms with Gasteiger partial charge in [0.25, 0.3) is 0 Å². The SMILES string of the molecule is Cc1oc(-c2cccs2)nc1CC(=O)N1CCNCC1c1cccc(F)c1. The minimum atomic E-state index is -0.293. The van der Waals surface area contributed by atoms with Crippen LogP contribution < -0.4 is 5.32 Å². The normalized spacial score (nSPS) is 17.3. The number of carbonyl (C=O) groups excluding carboxylic acids is 1. The highest BCUT2D eigenvalue weighted by molar-refractivity contribution is 7.13. The zero-order valence-electron chi connectivity index (χ0n) is 14.9. The summed E-state index contributed by atoms with van der Waals surface area (Å²) < 4.78 is 19.4. The van der Waals surface area contributed by atoms with Crippen molar-refractivity contribution in [3.05, 3.63) is 64.6 Å². The molecular formula is C20H20FN3O2S. The molecule has 1 aliphatic heterocycles. The molecule has 1 unspecified atom stereocenters.